The third-order valence-corrected chi connectivity index (χ3v) is 8.75. The number of thiophene rings is 1. The lowest BCUT2D eigenvalue weighted by atomic mass is 9.95. The molecule has 0 atom stereocenters. The number of rotatable bonds is 6. The second-order valence-corrected chi connectivity index (χ2v) is 11.0. The van der Waals surface area contributed by atoms with E-state index >= 15 is 0 Å². The SMILES string of the molecule is Cc1ccccc1-c1nc(CSc2nnc(-c3csc4c3CCCC4)n2C(C)C)cs1. The third-order valence-electron chi connectivity index (χ3n) is 5.76. The fourth-order valence-corrected chi connectivity index (χ4v) is 7.25. The van der Waals surface area contributed by atoms with Crippen LogP contribution < -0.4 is 0 Å². The smallest absolute Gasteiger partial charge is 0.192 e. The fourth-order valence-electron chi connectivity index (χ4n) is 4.15. The molecule has 0 spiro atoms. The molecule has 160 valence electrons. The van der Waals surface area contributed by atoms with Gasteiger partial charge >= 0.3 is 0 Å². The van der Waals surface area contributed by atoms with Gasteiger partial charge in [0.05, 0.1) is 5.69 Å². The summed E-state index contributed by atoms with van der Waals surface area (Å²) in [6.45, 7) is 6.57. The quantitative estimate of drug-likeness (QED) is 0.282. The van der Waals surface area contributed by atoms with Gasteiger partial charge in [-0.05, 0) is 57.6 Å². The predicted molar refractivity (Wildman–Crippen MR) is 132 cm³/mol. The molecule has 3 aromatic heterocycles. The van der Waals surface area contributed by atoms with Gasteiger partial charge in [0.15, 0.2) is 11.0 Å². The maximum Gasteiger partial charge on any atom is 0.192 e. The minimum Gasteiger partial charge on any atom is -0.299 e. The van der Waals surface area contributed by atoms with E-state index in [1.165, 1.54) is 47.9 Å². The number of aryl methyl sites for hydroxylation is 2. The molecule has 0 fully saturated rings. The highest BCUT2D eigenvalue weighted by Crippen LogP contribution is 2.38. The monoisotopic (exact) mass is 466 g/mol. The highest BCUT2D eigenvalue weighted by molar-refractivity contribution is 7.98. The molecule has 1 aromatic carbocycles. The topological polar surface area (TPSA) is 43.6 Å². The Morgan fingerprint density at radius 2 is 1.87 bits per heavy atom. The molecule has 4 aromatic rings. The molecule has 0 saturated carbocycles. The molecule has 0 radical (unpaired) electrons. The summed E-state index contributed by atoms with van der Waals surface area (Å²) in [5.74, 6) is 1.82. The average molecular weight is 467 g/mol. The molecule has 0 saturated heterocycles. The van der Waals surface area contributed by atoms with Crippen LogP contribution in [0, 0.1) is 6.92 Å². The summed E-state index contributed by atoms with van der Waals surface area (Å²) in [7, 11) is 0. The van der Waals surface area contributed by atoms with Crippen molar-refractivity contribution in [3.63, 3.8) is 0 Å². The van der Waals surface area contributed by atoms with Crippen molar-refractivity contribution in [1.82, 2.24) is 19.7 Å². The number of fused-ring (bicyclic) bond motifs is 1. The van der Waals surface area contributed by atoms with Crippen molar-refractivity contribution in [2.45, 2.75) is 63.4 Å². The van der Waals surface area contributed by atoms with Gasteiger partial charge in [-0.3, -0.25) is 4.57 Å². The highest BCUT2D eigenvalue weighted by Gasteiger charge is 2.23. The third kappa shape index (κ3) is 4.11. The Bertz CT molecular complexity index is 1200. The van der Waals surface area contributed by atoms with Crippen molar-refractivity contribution < 1.29 is 0 Å². The number of thiazole rings is 1. The van der Waals surface area contributed by atoms with E-state index in [9.17, 15) is 0 Å². The second kappa shape index (κ2) is 8.88. The van der Waals surface area contributed by atoms with Crippen molar-refractivity contribution >= 4 is 34.4 Å². The number of hydrogen-bond donors (Lipinski definition) is 0. The van der Waals surface area contributed by atoms with Crippen LogP contribution >= 0.6 is 34.4 Å². The Kier molecular flexibility index (Phi) is 5.99. The van der Waals surface area contributed by atoms with Gasteiger partial charge in [-0.2, -0.15) is 0 Å². The Balaban J connectivity index is 1.39. The number of benzene rings is 1. The fraction of sp³-hybridized carbons (Fsp3) is 0.375. The molecule has 5 rings (SSSR count). The first-order chi connectivity index (χ1) is 15.1. The van der Waals surface area contributed by atoms with Crippen molar-refractivity contribution in [3.05, 3.63) is 56.7 Å². The maximum atomic E-state index is 4.89. The van der Waals surface area contributed by atoms with Crippen LogP contribution in [0.5, 0.6) is 0 Å². The molecular weight excluding hydrogens is 440 g/mol. The van der Waals surface area contributed by atoms with Crippen LogP contribution in [0.4, 0.5) is 0 Å². The van der Waals surface area contributed by atoms with E-state index in [2.05, 4.69) is 70.6 Å². The van der Waals surface area contributed by atoms with E-state index in [4.69, 9.17) is 4.98 Å². The molecule has 0 unspecified atom stereocenters. The van der Waals surface area contributed by atoms with Crippen LogP contribution in [-0.2, 0) is 18.6 Å². The van der Waals surface area contributed by atoms with Gasteiger partial charge in [-0.25, -0.2) is 4.98 Å². The molecule has 0 bridgehead atoms. The van der Waals surface area contributed by atoms with Gasteiger partial charge in [0, 0.05) is 38.6 Å². The number of aromatic nitrogens is 4. The van der Waals surface area contributed by atoms with Crippen molar-refractivity contribution in [3.8, 4) is 22.0 Å². The Morgan fingerprint density at radius 3 is 2.71 bits per heavy atom. The van der Waals surface area contributed by atoms with E-state index in [0.717, 1.165) is 27.4 Å². The van der Waals surface area contributed by atoms with Crippen molar-refractivity contribution in [2.24, 2.45) is 0 Å². The summed E-state index contributed by atoms with van der Waals surface area (Å²) in [4.78, 5) is 6.43. The van der Waals surface area contributed by atoms with E-state index in [-0.39, 0.29) is 0 Å². The van der Waals surface area contributed by atoms with Gasteiger partial charge in [0.2, 0.25) is 0 Å². The van der Waals surface area contributed by atoms with Crippen molar-refractivity contribution in [1.29, 1.82) is 0 Å². The molecule has 7 heteroatoms. The molecule has 0 N–H and O–H groups in total. The minimum absolute atomic E-state index is 0.310. The molecular formula is C24H26N4S3. The van der Waals surface area contributed by atoms with Crippen LogP contribution in [0.2, 0.25) is 0 Å². The van der Waals surface area contributed by atoms with Crippen LogP contribution in [0.15, 0.2) is 40.2 Å². The normalized spacial score (nSPS) is 13.7. The lowest BCUT2D eigenvalue weighted by molar-refractivity contribution is 0.554. The van der Waals surface area contributed by atoms with Gasteiger partial charge < -0.3 is 0 Å². The van der Waals surface area contributed by atoms with E-state index in [0.29, 0.717) is 6.04 Å². The summed E-state index contributed by atoms with van der Waals surface area (Å²) in [6.07, 6.45) is 4.97. The Morgan fingerprint density at radius 1 is 1.03 bits per heavy atom. The molecule has 0 amide bonds. The molecule has 1 aliphatic rings. The lowest BCUT2D eigenvalue weighted by Crippen LogP contribution is -2.07. The zero-order chi connectivity index (χ0) is 21.4. The molecule has 1 aliphatic carbocycles. The number of nitrogens with zero attached hydrogens (tertiary/aromatic N) is 4. The molecule has 31 heavy (non-hydrogen) atoms. The molecule has 0 aliphatic heterocycles. The number of thioether (sulfide) groups is 1. The summed E-state index contributed by atoms with van der Waals surface area (Å²) >= 11 is 5.34. The predicted octanol–water partition coefficient (Wildman–Crippen LogP) is 7.19. The largest absolute Gasteiger partial charge is 0.299 e. The molecule has 3 heterocycles. The van der Waals surface area contributed by atoms with E-state index < -0.39 is 0 Å². The van der Waals surface area contributed by atoms with Gasteiger partial charge in [-0.15, -0.1) is 32.9 Å². The minimum atomic E-state index is 0.310. The van der Waals surface area contributed by atoms with Crippen LogP contribution in [-0.4, -0.2) is 19.7 Å². The lowest BCUT2D eigenvalue weighted by Gasteiger charge is -2.16. The van der Waals surface area contributed by atoms with Crippen LogP contribution in [0.1, 0.15) is 54.4 Å². The Labute approximate surface area is 195 Å². The molecule has 4 nitrogen and oxygen atoms in total. The zero-order valence-corrected chi connectivity index (χ0v) is 20.5. The highest BCUT2D eigenvalue weighted by atomic mass is 32.2. The van der Waals surface area contributed by atoms with E-state index in [1.807, 2.05) is 11.3 Å². The number of hydrogen-bond acceptors (Lipinski definition) is 6. The first-order valence-corrected chi connectivity index (χ1v) is 13.5. The Hall–Kier alpha value is -1.96. The van der Waals surface area contributed by atoms with Crippen LogP contribution in [0.3, 0.4) is 0 Å². The van der Waals surface area contributed by atoms with Crippen LogP contribution in [0.25, 0.3) is 22.0 Å². The first-order valence-electron chi connectivity index (χ1n) is 10.8. The summed E-state index contributed by atoms with van der Waals surface area (Å²) in [6, 6.07) is 8.75. The average Bonchev–Trinajstić information content (AvgIpc) is 3.50. The van der Waals surface area contributed by atoms with Gasteiger partial charge in [-0.1, -0.05) is 36.0 Å². The van der Waals surface area contributed by atoms with Gasteiger partial charge in [0.1, 0.15) is 5.01 Å². The van der Waals surface area contributed by atoms with Crippen molar-refractivity contribution in [2.75, 3.05) is 0 Å². The zero-order valence-electron chi connectivity index (χ0n) is 18.1. The first kappa shape index (κ1) is 20.9. The maximum absolute atomic E-state index is 4.89. The second-order valence-electron chi connectivity index (χ2n) is 8.28. The summed E-state index contributed by atoms with van der Waals surface area (Å²) < 4.78 is 2.30. The van der Waals surface area contributed by atoms with E-state index in [1.54, 1.807) is 28.0 Å². The standard InChI is InChI=1S/C24H26N4S3/c1-15(2)28-22(20-14-29-21-11-7-6-10-19(20)21)26-27-24(28)31-13-17-12-30-23(25-17)18-9-5-4-8-16(18)3/h4-5,8-9,12,14-15H,6-7,10-11,13H2,1-3H3. The summed E-state index contributed by atoms with van der Waals surface area (Å²) in [5, 5.41) is 15.8. The summed E-state index contributed by atoms with van der Waals surface area (Å²) in [5.41, 5.74) is 6.38. The van der Waals surface area contributed by atoms with Gasteiger partial charge in [0.25, 0.3) is 0 Å².